The Labute approximate surface area is 136 Å². The SMILES string of the molecule is O=C(NC(CO)Cc1ccccc1)NC1CC1c1ccccc1. The third kappa shape index (κ3) is 4.33. The second-order valence-electron chi connectivity index (χ2n) is 6.05. The summed E-state index contributed by atoms with van der Waals surface area (Å²) in [7, 11) is 0. The molecule has 1 aliphatic rings. The van der Waals surface area contributed by atoms with Crippen molar-refractivity contribution >= 4 is 6.03 Å². The lowest BCUT2D eigenvalue weighted by Gasteiger charge is -2.17. The lowest BCUT2D eigenvalue weighted by atomic mass is 10.1. The summed E-state index contributed by atoms with van der Waals surface area (Å²) in [5.74, 6) is 0.406. The summed E-state index contributed by atoms with van der Waals surface area (Å²) in [5, 5.41) is 15.3. The van der Waals surface area contributed by atoms with Crippen LogP contribution in [0.15, 0.2) is 60.7 Å². The predicted octanol–water partition coefficient (Wildman–Crippen LogP) is 2.45. The fourth-order valence-corrected chi connectivity index (χ4v) is 2.88. The van der Waals surface area contributed by atoms with Gasteiger partial charge in [0.1, 0.15) is 0 Å². The molecule has 0 aromatic heterocycles. The van der Waals surface area contributed by atoms with Gasteiger partial charge in [0.05, 0.1) is 12.6 Å². The average Bonchev–Trinajstić information content (AvgIpc) is 3.35. The molecule has 0 radical (unpaired) electrons. The lowest BCUT2D eigenvalue weighted by molar-refractivity contribution is 0.215. The molecule has 3 rings (SSSR count). The van der Waals surface area contributed by atoms with Crippen molar-refractivity contribution in [3.05, 3.63) is 71.8 Å². The highest BCUT2D eigenvalue weighted by Crippen LogP contribution is 2.40. The van der Waals surface area contributed by atoms with Gasteiger partial charge in [0, 0.05) is 12.0 Å². The zero-order valence-corrected chi connectivity index (χ0v) is 13.0. The molecule has 2 aromatic carbocycles. The largest absolute Gasteiger partial charge is 0.394 e. The standard InChI is InChI=1S/C19H22N2O2/c22-13-16(11-14-7-3-1-4-8-14)20-19(23)21-18-12-17(18)15-9-5-2-6-10-15/h1-10,16-18,22H,11-13H2,(H2,20,21,23). The number of urea groups is 1. The van der Waals surface area contributed by atoms with Crippen molar-refractivity contribution in [1.82, 2.24) is 10.6 Å². The van der Waals surface area contributed by atoms with Crippen LogP contribution in [0, 0.1) is 0 Å². The minimum Gasteiger partial charge on any atom is -0.394 e. The highest BCUT2D eigenvalue weighted by atomic mass is 16.3. The van der Waals surface area contributed by atoms with E-state index in [1.54, 1.807) is 0 Å². The van der Waals surface area contributed by atoms with Crippen molar-refractivity contribution in [1.29, 1.82) is 0 Å². The maximum atomic E-state index is 12.1. The molecule has 0 spiro atoms. The van der Waals surface area contributed by atoms with Crippen molar-refractivity contribution in [3.8, 4) is 0 Å². The van der Waals surface area contributed by atoms with Gasteiger partial charge in [0.2, 0.25) is 0 Å². The molecule has 0 aliphatic heterocycles. The molecule has 23 heavy (non-hydrogen) atoms. The van der Waals surface area contributed by atoms with Crippen LogP contribution in [0.1, 0.15) is 23.5 Å². The summed E-state index contributed by atoms with van der Waals surface area (Å²) in [6.45, 7) is -0.0743. The van der Waals surface area contributed by atoms with Crippen molar-refractivity contribution in [2.45, 2.75) is 30.8 Å². The molecule has 2 amide bonds. The first kappa shape index (κ1) is 15.6. The molecule has 4 heteroatoms. The van der Waals surface area contributed by atoms with Gasteiger partial charge in [-0.15, -0.1) is 0 Å². The van der Waals surface area contributed by atoms with Crippen molar-refractivity contribution in [3.63, 3.8) is 0 Å². The van der Waals surface area contributed by atoms with E-state index in [0.717, 1.165) is 12.0 Å². The highest BCUT2D eigenvalue weighted by molar-refractivity contribution is 5.75. The highest BCUT2D eigenvalue weighted by Gasteiger charge is 2.39. The summed E-state index contributed by atoms with van der Waals surface area (Å²) < 4.78 is 0. The van der Waals surface area contributed by atoms with Crippen LogP contribution in [-0.2, 0) is 6.42 Å². The maximum Gasteiger partial charge on any atom is 0.315 e. The minimum atomic E-state index is -0.272. The van der Waals surface area contributed by atoms with Gasteiger partial charge in [-0.05, 0) is 24.0 Å². The summed E-state index contributed by atoms with van der Waals surface area (Å²) in [5.41, 5.74) is 2.36. The molecule has 1 saturated carbocycles. The Balaban J connectivity index is 1.47. The van der Waals surface area contributed by atoms with Crippen LogP contribution >= 0.6 is 0 Å². The van der Waals surface area contributed by atoms with Crippen LogP contribution in [0.4, 0.5) is 4.79 Å². The first-order valence-corrected chi connectivity index (χ1v) is 8.03. The quantitative estimate of drug-likeness (QED) is 0.767. The van der Waals surface area contributed by atoms with Crippen LogP contribution in [-0.4, -0.2) is 29.8 Å². The normalized spacial score (nSPS) is 20.6. The third-order valence-electron chi connectivity index (χ3n) is 4.22. The molecule has 0 saturated heterocycles. The van der Waals surface area contributed by atoms with Crippen LogP contribution in [0.5, 0.6) is 0 Å². The molecular formula is C19H22N2O2. The zero-order chi connectivity index (χ0) is 16.1. The van der Waals surface area contributed by atoms with E-state index >= 15 is 0 Å². The number of rotatable bonds is 6. The van der Waals surface area contributed by atoms with Gasteiger partial charge in [-0.25, -0.2) is 4.79 Å². The maximum absolute atomic E-state index is 12.1. The van der Waals surface area contributed by atoms with Gasteiger partial charge < -0.3 is 15.7 Å². The molecule has 1 aliphatic carbocycles. The summed E-state index contributed by atoms with van der Waals surface area (Å²) in [4.78, 5) is 12.1. The number of carbonyl (C=O) groups excluding carboxylic acids is 1. The Kier molecular flexibility index (Phi) is 4.93. The zero-order valence-electron chi connectivity index (χ0n) is 13.0. The van der Waals surface area contributed by atoms with Crippen molar-refractivity contribution in [2.75, 3.05) is 6.61 Å². The predicted molar refractivity (Wildman–Crippen MR) is 90.3 cm³/mol. The van der Waals surface area contributed by atoms with Gasteiger partial charge in [0.15, 0.2) is 0 Å². The number of amides is 2. The molecule has 3 unspecified atom stereocenters. The van der Waals surface area contributed by atoms with E-state index in [-0.39, 0.29) is 24.7 Å². The Bertz CT molecular complexity index is 630. The van der Waals surface area contributed by atoms with E-state index < -0.39 is 0 Å². The molecular weight excluding hydrogens is 288 g/mol. The van der Waals surface area contributed by atoms with E-state index in [0.29, 0.717) is 12.3 Å². The van der Waals surface area contributed by atoms with Crippen LogP contribution in [0.2, 0.25) is 0 Å². The molecule has 4 nitrogen and oxygen atoms in total. The number of carbonyl (C=O) groups is 1. The Morgan fingerprint density at radius 1 is 1.09 bits per heavy atom. The fourth-order valence-electron chi connectivity index (χ4n) is 2.88. The number of aliphatic hydroxyl groups is 1. The average molecular weight is 310 g/mol. The minimum absolute atomic E-state index is 0.0743. The summed E-state index contributed by atoms with van der Waals surface area (Å²) in [6.07, 6.45) is 1.59. The topological polar surface area (TPSA) is 61.4 Å². The molecule has 120 valence electrons. The molecule has 0 bridgehead atoms. The second kappa shape index (κ2) is 7.29. The third-order valence-corrected chi connectivity index (χ3v) is 4.22. The molecule has 3 atom stereocenters. The number of aliphatic hydroxyl groups excluding tert-OH is 1. The van der Waals surface area contributed by atoms with E-state index in [9.17, 15) is 9.90 Å². The fraction of sp³-hybridized carbons (Fsp3) is 0.316. The first-order chi connectivity index (χ1) is 11.3. The Morgan fingerprint density at radius 3 is 2.39 bits per heavy atom. The summed E-state index contributed by atoms with van der Waals surface area (Å²) >= 11 is 0. The Hall–Kier alpha value is -2.33. The molecule has 1 fully saturated rings. The van der Waals surface area contributed by atoms with Crippen LogP contribution in [0.25, 0.3) is 0 Å². The van der Waals surface area contributed by atoms with Gasteiger partial charge in [-0.3, -0.25) is 0 Å². The van der Waals surface area contributed by atoms with Gasteiger partial charge in [0.25, 0.3) is 0 Å². The van der Waals surface area contributed by atoms with Crippen molar-refractivity contribution in [2.24, 2.45) is 0 Å². The van der Waals surface area contributed by atoms with E-state index in [4.69, 9.17) is 0 Å². The van der Waals surface area contributed by atoms with Gasteiger partial charge in [-0.1, -0.05) is 60.7 Å². The molecule has 2 aromatic rings. The molecule has 3 N–H and O–H groups in total. The second-order valence-corrected chi connectivity index (χ2v) is 6.05. The smallest absolute Gasteiger partial charge is 0.315 e. The monoisotopic (exact) mass is 310 g/mol. The van der Waals surface area contributed by atoms with Gasteiger partial charge >= 0.3 is 6.03 Å². The van der Waals surface area contributed by atoms with Gasteiger partial charge in [-0.2, -0.15) is 0 Å². The van der Waals surface area contributed by atoms with Crippen LogP contribution < -0.4 is 10.6 Å². The van der Waals surface area contributed by atoms with Crippen LogP contribution in [0.3, 0.4) is 0 Å². The van der Waals surface area contributed by atoms with E-state index in [1.165, 1.54) is 5.56 Å². The molecule has 0 heterocycles. The lowest BCUT2D eigenvalue weighted by Crippen LogP contribution is -2.45. The van der Waals surface area contributed by atoms with E-state index in [2.05, 4.69) is 22.8 Å². The summed E-state index contributed by atoms with van der Waals surface area (Å²) in [6, 6.07) is 19.8. The number of nitrogens with one attached hydrogen (secondary N) is 2. The number of hydrogen-bond acceptors (Lipinski definition) is 2. The number of hydrogen-bond donors (Lipinski definition) is 3. The first-order valence-electron chi connectivity index (χ1n) is 8.03. The number of benzene rings is 2. The Morgan fingerprint density at radius 2 is 1.74 bits per heavy atom. The van der Waals surface area contributed by atoms with E-state index in [1.807, 2.05) is 48.5 Å². The van der Waals surface area contributed by atoms with Crippen molar-refractivity contribution < 1.29 is 9.90 Å².